The van der Waals surface area contributed by atoms with Gasteiger partial charge in [-0.05, 0) is 12.1 Å². The third-order valence-electron chi connectivity index (χ3n) is 4.08. The molecule has 0 bridgehead atoms. The van der Waals surface area contributed by atoms with Crippen LogP contribution in [0.3, 0.4) is 0 Å². The summed E-state index contributed by atoms with van der Waals surface area (Å²) < 4.78 is 8.63. The lowest BCUT2D eigenvalue weighted by atomic mass is 10.0. The smallest absolute Gasteiger partial charge is 0.250 e. The summed E-state index contributed by atoms with van der Waals surface area (Å²) in [5.41, 5.74) is 0.562. The molecular formula is C19H20N4O3. The Kier molecular flexibility index (Phi) is 5.17. The first-order valence-corrected chi connectivity index (χ1v) is 8.15. The number of para-hydroxylation sites is 1. The minimum absolute atomic E-state index is 0.0737. The Morgan fingerprint density at radius 3 is 2.65 bits per heavy atom. The number of hydrogen-bond donors (Lipinski definition) is 1. The fraction of sp³-hybridized carbons (Fsp3) is 0.211. The Morgan fingerprint density at radius 2 is 1.96 bits per heavy atom. The number of imidazole rings is 1. The van der Waals surface area contributed by atoms with E-state index in [1.54, 1.807) is 31.6 Å². The molecule has 0 aliphatic rings. The number of ether oxygens (including phenoxy) is 1. The van der Waals surface area contributed by atoms with Gasteiger partial charge in [0.05, 0.1) is 7.11 Å². The van der Waals surface area contributed by atoms with E-state index in [1.807, 2.05) is 42.1 Å². The van der Waals surface area contributed by atoms with E-state index >= 15 is 0 Å². The molecule has 0 radical (unpaired) electrons. The molecule has 1 atom stereocenters. The zero-order valence-electron chi connectivity index (χ0n) is 14.6. The Balaban J connectivity index is 1.92. The van der Waals surface area contributed by atoms with E-state index in [-0.39, 0.29) is 18.0 Å². The average molecular weight is 352 g/mol. The van der Waals surface area contributed by atoms with Crippen LogP contribution < -0.4 is 15.6 Å². The quantitative estimate of drug-likeness (QED) is 0.729. The van der Waals surface area contributed by atoms with E-state index in [4.69, 9.17) is 4.74 Å². The van der Waals surface area contributed by atoms with Crippen LogP contribution in [0.5, 0.6) is 5.75 Å². The number of amides is 1. The van der Waals surface area contributed by atoms with E-state index < -0.39 is 6.04 Å². The average Bonchev–Trinajstić information content (AvgIpc) is 3.07. The first-order chi connectivity index (χ1) is 12.6. The number of benzene rings is 1. The van der Waals surface area contributed by atoms with Crippen LogP contribution in [0.4, 0.5) is 0 Å². The second-order valence-corrected chi connectivity index (χ2v) is 5.81. The van der Waals surface area contributed by atoms with Gasteiger partial charge in [0, 0.05) is 37.3 Å². The van der Waals surface area contributed by atoms with E-state index in [2.05, 4.69) is 10.3 Å². The Bertz CT molecular complexity index is 961. The number of aryl methyl sites for hydroxylation is 1. The summed E-state index contributed by atoms with van der Waals surface area (Å²) in [6.07, 6.45) is 5.07. The molecule has 0 saturated carbocycles. The predicted octanol–water partition coefficient (Wildman–Crippen LogP) is 1.50. The van der Waals surface area contributed by atoms with Crippen molar-refractivity contribution < 1.29 is 9.53 Å². The monoisotopic (exact) mass is 352 g/mol. The van der Waals surface area contributed by atoms with Gasteiger partial charge in [0.25, 0.3) is 5.56 Å². The molecule has 26 heavy (non-hydrogen) atoms. The Hall–Kier alpha value is -3.35. The molecule has 1 aromatic carbocycles. The highest BCUT2D eigenvalue weighted by molar-refractivity contribution is 5.76. The molecule has 0 aliphatic heterocycles. The van der Waals surface area contributed by atoms with E-state index in [0.717, 1.165) is 5.56 Å². The Morgan fingerprint density at radius 1 is 1.19 bits per heavy atom. The van der Waals surface area contributed by atoms with Crippen LogP contribution in [-0.2, 0) is 18.4 Å². The maximum absolute atomic E-state index is 12.6. The van der Waals surface area contributed by atoms with Crippen molar-refractivity contribution in [1.29, 1.82) is 0 Å². The zero-order chi connectivity index (χ0) is 18.5. The molecule has 7 nitrogen and oxygen atoms in total. The number of nitrogens with zero attached hydrogens (tertiary/aromatic N) is 3. The lowest BCUT2D eigenvalue weighted by molar-refractivity contribution is -0.122. The topological polar surface area (TPSA) is 78.2 Å². The largest absolute Gasteiger partial charge is 0.496 e. The number of aromatic nitrogens is 3. The van der Waals surface area contributed by atoms with Crippen LogP contribution in [0, 0.1) is 0 Å². The van der Waals surface area contributed by atoms with Gasteiger partial charge in [-0.3, -0.25) is 9.59 Å². The highest BCUT2D eigenvalue weighted by Crippen LogP contribution is 2.28. The van der Waals surface area contributed by atoms with Crippen molar-refractivity contribution >= 4 is 5.91 Å². The summed E-state index contributed by atoms with van der Waals surface area (Å²) in [4.78, 5) is 28.8. The van der Waals surface area contributed by atoms with Crippen molar-refractivity contribution in [2.45, 2.75) is 12.6 Å². The third kappa shape index (κ3) is 3.66. The second kappa shape index (κ2) is 7.69. The Labute approximate surface area is 150 Å². The molecule has 1 N–H and O–H groups in total. The number of methoxy groups -OCH3 is 1. The fourth-order valence-electron chi connectivity index (χ4n) is 2.79. The molecule has 7 heteroatoms. The van der Waals surface area contributed by atoms with Gasteiger partial charge < -0.3 is 19.2 Å². The number of pyridine rings is 1. The maximum atomic E-state index is 12.6. The summed E-state index contributed by atoms with van der Waals surface area (Å²) in [5, 5.41) is 2.96. The summed E-state index contributed by atoms with van der Waals surface area (Å²) in [7, 11) is 3.44. The predicted molar refractivity (Wildman–Crippen MR) is 96.9 cm³/mol. The number of carbonyl (C=O) groups excluding carboxylic acids is 1. The van der Waals surface area contributed by atoms with E-state index in [9.17, 15) is 9.59 Å². The maximum Gasteiger partial charge on any atom is 0.250 e. The first kappa shape index (κ1) is 17.5. The van der Waals surface area contributed by atoms with Crippen molar-refractivity contribution in [3.05, 3.63) is 82.8 Å². The molecule has 134 valence electrons. The third-order valence-corrected chi connectivity index (χ3v) is 4.08. The minimum Gasteiger partial charge on any atom is -0.496 e. The fourth-order valence-corrected chi connectivity index (χ4v) is 2.79. The summed E-state index contributed by atoms with van der Waals surface area (Å²) in [6.45, 7) is -0.0737. The highest BCUT2D eigenvalue weighted by Gasteiger charge is 2.23. The second-order valence-electron chi connectivity index (χ2n) is 5.81. The van der Waals surface area contributed by atoms with Crippen LogP contribution in [0.25, 0.3) is 0 Å². The molecule has 2 heterocycles. The molecule has 3 aromatic rings. The highest BCUT2D eigenvalue weighted by atomic mass is 16.5. The number of rotatable bonds is 6. The van der Waals surface area contributed by atoms with Crippen LogP contribution in [0.1, 0.15) is 17.4 Å². The molecule has 2 aromatic heterocycles. The molecule has 0 saturated heterocycles. The number of carbonyl (C=O) groups is 1. The van der Waals surface area contributed by atoms with Crippen molar-refractivity contribution in [2.24, 2.45) is 7.05 Å². The summed E-state index contributed by atoms with van der Waals surface area (Å²) >= 11 is 0. The molecule has 0 unspecified atom stereocenters. The van der Waals surface area contributed by atoms with Crippen LogP contribution in [0.2, 0.25) is 0 Å². The SMILES string of the molecule is COc1ccccc1[C@@H](NC(=O)Cn1ccccc1=O)c1nccn1C. The summed E-state index contributed by atoms with van der Waals surface area (Å²) in [5.74, 6) is 1.03. The standard InChI is InChI=1S/C19H20N4O3/c1-22-12-10-20-19(22)18(14-7-3-4-8-15(14)26-2)21-16(24)13-23-11-6-5-9-17(23)25/h3-12,18H,13H2,1-2H3,(H,21,24)/t18-/m1/s1. The van der Waals surface area contributed by atoms with Crippen LogP contribution >= 0.6 is 0 Å². The lowest BCUT2D eigenvalue weighted by Gasteiger charge is -2.21. The van der Waals surface area contributed by atoms with Gasteiger partial charge in [0.2, 0.25) is 5.91 Å². The van der Waals surface area contributed by atoms with Gasteiger partial charge in [-0.25, -0.2) is 4.98 Å². The van der Waals surface area contributed by atoms with Gasteiger partial charge in [-0.15, -0.1) is 0 Å². The van der Waals surface area contributed by atoms with Crippen LogP contribution in [0.15, 0.2) is 65.8 Å². The molecule has 0 spiro atoms. The van der Waals surface area contributed by atoms with Crippen molar-refractivity contribution in [2.75, 3.05) is 7.11 Å². The molecule has 1 amide bonds. The van der Waals surface area contributed by atoms with Gasteiger partial charge in [-0.2, -0.15) is 0 Å². The van der Waals surface area contributed by atoms with E-state index in [0.29, 0.717) is 11.6 Å². The normalized spacial score (nSPS) is 11.8. The van der Waals surface area contributed by atoms with E-state index in [1.165, 1.54) is 10.6 Å². The number of nitrogens with one attached hydrogen (secondary N) is 1. The van der Waals surface area contributed by atoms with Gasteiger partial charge in [0.15, 0.2) is 0 Å². The van der Waals surface area contributed by atoms with Crippen molar-refractivity contribution in [3.8, 4) is 5.75 Å². The van der Waals surface area contributed by atoms with Gasteiger partial charge >= 0.3 is 0 Å². The minimum atomic E-state index is -0.502. The lowest BCUT2D eigenvalue weighted by Crippen LogP contribution is -2.36. The first-order valence-electron chi connectivity index (χ1n) is 8.15. The van der Waals surface area contributed by atoms with Gasteiger partial charge in [-0.1, -0.05) is 24.3 Å². The van der Waals surface area contributed by atoms with Crippen molar-refractivity contribution in [3.63, 3.8) is 0 Å². The molecule has 0 fully saturated rings. The summed E-state index contributed by atoms with van der Waals surface area (Å²) in [6, 6.07) is 11.7. The molecule has 3 rings (SSSR count). The van der Waals surface area contributed by atoms with Gasteiger partial charge in [0.1, 0.15) is 24.2 Å². The zero-order valence-corrected chi connectivity index (χ0v) is 14.6. The molecule has 0 aliphatic carbocycles. The van der Waals surface area contributed by atoms with Crippen molar-refractivity contribution in [1.82, 2.24) is 19.4 Å². The van der Waals surface area contributed by atoms with Crippen LogP contribution in [-0.4, -0.2) is 27.1 Å². The molecular weight excluding hydrogens is 332 g/mol. The number of hydrogen-bond acceptors (Lipinski definition) is 4.